The van der Waals surface area contributed by atoms with Crippen LogP contribution in [0.25, 0.3) is 0 Å². The SMILES string of the molecule is NCCc1ccc(NC(=O)CCN2CCC(F)CC2)cc1. The lowest BCUT2D eigenvalue weighted by Gasteiger charge is -2.28. The van der Waals surface area contributed by atoms with Crippen LogP contribution in [0.5, 0.6) is 0 Å². The fraction of sp³-hybridized carbons (Fsp3) is 0.562. The van der Waals surface area contributed by atoms with Gasteiger partial charge in [0.2, 0.25) is 5.91 Å². The molecule has 0 atom stereocenters. The Kier molecular flexibility index (Phi) is 6.14. The molecule has 1 aromatic rings. The predicted octanol–water partition coefficient (Wildman–Crippen LogP) is 1.95. The van der Waals surface area contributed by atoms with Crippen molar-refractivity contribution in [1.82, 2.24) is 4.90 Å². The minimum absolute atomic E-state index is 0.00365. The van der Waals surface area contributed by atoms with E-state index < -0.39 is 6.17 Å². The van der Waals surface area contributed by atoms with E-state index in [1.165, 1.54) is 5.56 Å². The summed E-state index contributed by atoms with van der Waals surface area (Å²) in [5.74, 6) is 0.00365. The first-order valence-electron chi connectivity index (χ1n) is 7.62. The Balaban J connectivity index is 1.71. The van der Waals surface area contributed by atoms with Gasteiger partial charge < -0.3 is 16.0 Å². The summed E-state index contributed by atoms with van der Waals surface area (Å²) in [6, 6.07) is 7.76. The van der Waals surface area contributed by atoms with E-state index in [2.05, 4.69) is 10.2 Å². The summed E-state index contributed by atoms with van der Waals surface area (Å²) >= 11 is 0. The number of carbonyl (C=O) groups is 1. The molecule has 2 rings (SSSR count). The molecule has 0 spiro atoms. The summed E-state index contributed by atoms with van der Waals surface area (Å²) in [7, 11) is 0. The van der Waals surface area contributed by atoms with Gasteiger partial charge in [0.1, 0.15) is 6.17 Å². The summed E-state index contributed by atoms with van der Waals surface area (Å²) in [5.41, 5.74) is 7.48. The van der Waals surface area contributed by atoms with Crippen LogP contribution in [0, 0.1) is 0 Å². The van der Waals surface area contributed by atoms with Crippen molar-refractivity contribution in [1.29, 1.82) is 0 Å². The van der Waals surface area contributed by atoms with Crippen molar-refractivity contribution in [2.45, 2.75) is 31.9 Å². The molecule has 1 aromatic carbocycles. The molecule has 1 fully saturated rings. The highest BCUT2D eigenvalue weighted by Crippen LogP contribution is 2.14. The number of alkyl halides is 1. The lowest BCUT2D eigenvalue weighted by molar-refractivity contribution is -0.116. The fourth-order valence-electron chi connectivity index (χ4n) is 2.53. The zero-order chi connectivity index (χ0) is 15.1. The Morgan fingerprint density at radius 1 is 1.29 bits per heavy atom. The maximum absolute atomic E-state index is 13.0. The van der Waals surface area contributed by atoms with Gasteiger partial charge in [0.15, 0.2) is 0 Å². The fourth-order valence-corrected chi connectivity index (χ4v) is 2.53. The van der Waals surface area contributed by atoms with Crippen LogP contribution in [0.1, 0.15) is 24.8 Å². The first-order chi connectivity index (χ1) is 10.2. The molecule has 1 saturated heterocycles. The molecule has 21 heavy (non-hydrogen) atoms. The van der Waals surface area contributed by atoms with E-state index in [0.29, 0.717) is 32.4 Å². The second-order valence-corrected chi connectivity index (χ2v) is 5.55. The van der Waals surface area contributed by atoms with Gasteiger partial charge in [-0.2, -0.15) is 0 Å². The Labute approximate surface area is 125 Å². The molecule has 1 aliphatic heterocycles. The van der Waals surface area contributed by atoms with Crippen molar-refractivity contribution in [3.8, 4) is 0 Å². The van der Waals surface area contributed by atoms with Gasteiger partial charge >= 0.3 is 0 Å². The van der Waals surface area contributed by atoms with Crippen molar-refractivity contribution in [3.05, 3.63) is 29.8 Å². The minimum Gasteiger partial charge on any atom is -0.330 e. The van der Waals surface area contributed by atoms with E-state index in [9.17, 15) is 9.18 Å². The maximum atomic E-state index is 13.0. The van der Waals surface area contributed by atoms with Crippen LogP contribution in [0.2, 0.25) is 0 Å². The lowest BCUT2D eigenvalue weighted by atomic mass is 10.1. The highest BCUT2D eigenvalue weighted by atomic mass is 19.1. The lowest BCUT2D eigenvalue weighted by Crippen LogP contribution is -2.36. The molecule has 0 bridgehead atoms. The van der Waals surface area contributed by atoms with Crippen LogP contribution in [-0.4, -0.2) is 43.2 Å². The number of benzene rings is 1. The molecule has 0 radical (unpaired) electrons. The van der Waals surface area contributed by atoms with Crippen molar-refractivity contribution < 1.29 is 9.18 Å². The number of hydrogen-bond donors (Lipinski definition) is 2. The first kappa shape index (κ1) is 15.9. The molecule has 3 N–H and O–H groups in total. The average Bonchev–Trinajstić information content (AvgIpc) is 2.49. The van der Waals surface area contributed by atoms with Crippen LogP contribution in [-0.2, 0) is 11.2 Å². The molecule has 1 amide bonds. The molecular formula is C16H24FN3O. The Hall–Kier alpha value is -1.46. The Morgan fingerprint density at radius 3 is 2.57 bits per heavy atom. The first-order valence-corrected chi connectivity index (χ1v) is 7.62. The van der Waals surface area contributed by atoms with Crippen LogP contribution in [0.3, 0.4) is 0 Å². The van der Waals surface area contributed by atoms with Crippen molar-refractivity contribution >= 4 is 11.6 Å². The van der Waals surface area contributed by atoms with Crippen molar-refractivity contribution in [2.24, 2.45) is 5.73 Å². The normalized spacial score (nSPS) is 16.9. The summed E-state index contributed by atoms with van der Waals surface area (Å²) in [5, 5.41) is 2.89. The zero-order valence-electron chi connectivity index (χ0n) is 12.4. The quantitative estimate of drug-likeness (QED) is 0.843. The summed E-state index contributed by atoms with van der Waals surface area (Å²) in [4.78, 5) is 14.1. The van der Waals surface area contributed by atoms with E-state index in [1.54, 1.807) is 0 Å². The maximum Gasteiger partial charge on any atom is 0.225 e. The highest BCUT2D eigenvalue weighted by Gasteiger charge is 2.18. The van der Waals surface area contributed by atoms with Gasteiger partial charge in [-0.25, -0.2) is 4.39 Å². The second-order valence-electron chi connectivity index (χ2n) is 5.55. The van der Waals surface area contributed by atoms with Gasteiger partial charge in [-0.15, -0.1) is 0 Å². The number of amides is 1. The molecule has 0 aliphatic carbocycles. The number of likely N-dealkylation sites (tertiary alicyclic amines) is 1. The van der Waals surface area contributed by atoms with E-state index in [-0.39, 0.29) is 5.91 Å². The molecular weight excluding hydrogens is 269 g/mol. The molecule has 1 heterocycles. The Bertz CT molecular complexity index is 441. The molecule has 0 aromatic heterocycles. The second kappa shape index (κ2) is 8.10. The number of carbonyl (C=O) groups excluding carboxylic acids is 1. The van der Waals surface area contributed by atoms with E-state index in [1.807, 2.05) is 24.3 Å². The number of piperidine rings is 1. The van der Waals surface area contributed by atoms with Gasteiger partial charge in [-0.1, -0.05) is 12.1 Å². The number of hydrogen-bond acceptors (Lipinski definition) is 3. The van der Waals surface area contributed by atoms with E-state index in [4.69, 9.17) is 5.73 Å². The van der Waals surface area contributed by atoms with E-state index in [0.717, 1.165) is 25.2 Å². The third-order valence-electron chi connectivity index (χ3n) is 3.84. The number of nitrogens with two attached hydrogens (primary N) is 1. The number of anilines is 1. The average molecular weight is 293 g/mol. The van der Waals surface area contributed by atoms with Gasteiger partial charge in [0.25, 0.3) is 0 Å². The largest absolute Gasteiger partial charge is 0.330 e. The molecule has 0 saturated carbocycles. The third kappa shape index (κ3) is 5.44. The number of rotatable bonds is 6. The van der Waals surface area contributed by atoms with Gasteiger partial charge in [0, 0.05) is 31.7 Å². The molecule has 5 heteroatoms. The van der Waals surface area contributed by atoms with E-state index >= 15 is 0 Å². The van der Waals surface area contributed by atoms with Crippen molar-refractivity contribution in [3.63, 3.8) is 0 Å². The smallest absolute Gasteiger partial charge is 0.225 e. The van der Waals surface area contributed by atoms with Gasteiger partial charge in [0.05, 0.1) is 0 Å². The van der Waals surface area contributed by atoms with Crippen molar-refractivity contribution in [2.75, 3.05) is 31.5 Å². The number of halogens is 1. The number of nitrogens with zero attached hydrogens (tertiary/aromatic N) is 1. The standard InChI is InChI=1S/C16H24FN3O/c17-14-6-10-20(11-7-14)12-8-16(21)19-15-3-1-13(2-4-15)5-9-18/h1-4,14H,5-12,18H2,(H,19,21). The summed E-state index contributed by atoms with van der Waals surface area (Å²) in [6.07, 6.45) is 1.80. The third-order valence-corrected chi connectivity index (χ3v) is 3.84. The summed E-state index contributed by atoms with van der Waals surface area (Å²) in [6.45, 7) is 2.83. The molecule has 4 nitrogen and oxygen atoms in total. The van der Waals surface area contributed by atoms with Crippen LogP contribution in [0.4, 0.5) is 10.1 Å². The highest BCUT2D eigenvalue weighted by molar-refractivity contribution is 5.90. The van der Waals surface area contributed by atoms with Crippen LogP contribution >= 0.6 is 0 Å². The predicted molar refractivity (Wildman–Crippen MR) is 83.0 cm³/mol. The molecule has 1 aliphatic rings. The molecule has 0 unspecified atom stereocenters. The topological polar surface area (TPSA) is 58.4 Å². The van der Waals surface area contributed by atoms with Crippen LogP contribution in [0.15, 0.2) is 24.3 Å². The Morgan fingerprint density at radius 2 is 1.95 bits per heavy atom. The number of nitrogens with one attached hydrogen (secondary N) is 1. The minimum atomic E-state index is -0.665. The van der Waals surface area contributed by atoms with Gasteiger partial charge in [-0.3, -0.25) is 4.79 Å². The monoisotopic (exact) mass is 293 g/mol. The van der Waals surface area contributed by atoms with Gasteiger partial charge in [-0.05, 0) is 43.5 Å². The zero-order valence-corrected chi connectivity index (χ0v) is 12.4. The van der Waals surface area contributed by atoms with Crippen LogP contribution < -0.4 is 11.1 Å². The summed E-state index contributed by atoms with van der Waals surface area (Å²) < 4.78 is 13.0. The molecule has 116 valence electrons.